The molecule has 1 fully saturated rings. The molecule has 1 unspecified atom stereocenters. The van der Waals surface area contributed by atoms with E-state index >= 15 is 0 Å². The van der Waals surface area contributed by atoms with Crippen LogP contribution in [0.25, 0.3) is 10.1 Å². The molecule has 3 nitrogen and oxygen atoms in total. The van der Waals surface area contributed by atoms with E-state index in [-0.39, 0.29) is 18.3 Å². The highest BCUT2D eigenvalue weighted by Crippen LogP contribution is 2.37. The topological polar surface area (TPSA) is 38.7 Å². The fourth-order valence-corrected chi connectivity index (χ4v) is 3.72. The van der Waals surface area contributed by atoms with Gasteiger partial charge in [0.05, 0.1) is 17.3 Å². The number of rotatable bonds is 3. The molecule has 0 radical (unpaired) electrons. The van der Waals surface area contributed by atoms with Gasteiger partial charge in [0.1, 0.15) is 0 Å². The van der Waals surface area contributed by atoms with E-state index in [1.165, 1.54) is 0 Å². The summed E-state index contributed by atoms with van der Waals surface area (Å²) in [5, 5.41) is 13.3. The van der Waals surface area contributed by atoms with Crippen LogP contribution in [-0.2, 0) is 9.31 Å². The molecule has 1 atom stereocenters. The van der Waals surface area contributed by atoms with Gasteiger partial charge in [-0.3, -0.25) is 0 Å². The summed E-state index contributed by atoms with van der Waals surface area (Å²) in [6, 6.07) is 6.23. The van der Waals surface area contributed by atoms with E-state index in [0.29, 0.717) is 0 Å². The standard InChI is InChI=1S/C17H23BO3S/c1-6-14(19)13-10-22-15-9-11(7-8-12(13)15)18-20-16(2,3)17(4,5)21-18/h7-10,14,19H,6H2,1-5H3. The van der Waals surface area contributed by atoms with Crippen LogP contribution in [0.1, 0.15) is 52.7 Å². The second-order valence-corrected chi connectivity index (χ2v) is 7.87. The normalized spacial score (nSPS) is 21.5. The number of benzene rings is 1. The maximum atomic E-state index is 10.1. The minimum Gasteiger partial charge on any atom is -0.399 e. The van der Waals surface area contributed by atoms with E-state index in [4.69, 9.17) is 9.31 Å². The second kappa shape index (κ2) is 5.34. The fourth-order valence-electron chi connectivity index (χ4n) is 2.67. The third-order valence-electron chi connectivity index (χ3n) is 4.90. The highest BCUT2D eigenvalue weighted by molar-refractivity contribution is 7.17. The minimum absolute atomic E-state index is 0.328. The Labute approximate surface area is 136 Å². The molecule has 0 amide bonds. The van der Waals surface area contributed by atoms with Gasteiger partial charge in [0, 0.05) is 4.70 Å². The first-order valence-corrected chi connectivity index (χ1v) is 8.68. The maximum absolute atomic E-state index is 10.1. The molecule has 0 bridgehead atoms. The lowest BCUT2D eigenvalue weighted by Gasteiger charge is -2.32. The third-order valence-corrected chi connectivity index (χ3v) is 5.86. The van der Waals surface area contributed by atoms with Crippen molar-refractivity contribution >= 4 is 34.0 Å². The molecule has 1 aromatic heterocycles. The highest BCUT2D eigenvalue weighted by atomic mass is 32.1. The van der Waals surface area contributed by atoms with Gasteiger partial charge in [-0.05, 0) is 62.0 Å². The number of aliphatic hydroxyl groups excluding tert-OH is 1. The summed E-state index contributed by atoms with van der Waals surface area (Å²) in [6.45, 7) is 10.2. The Morgan fingerprint density at radius 3 is 2.41 bits per heavy atom. The zero-order valence-electron chi connectivity index (χ0n) is 13.8. The van der Waals surface area contributed by atoms with Crippen LogP contribution in [0.15, 0.2) is 23.6 Å². The van der Waals surface area contributed by atoms with Crippen molar-refractivity contribution in [3.8, 4) is 0 Å². The Hall–Kier alpha value is -0.875. The summed E-state index contributed by atoms with van der Waals surface area (Å²) in [5.41, 5.74) is 1.39. The lowest BCUT2D eigenvalue weighted by atomic mass is 9.79. The number of aliphatic hydroxyl groups is 1. The highest BCUT2D eigenvalue weighted by Gasteiger charge is 2.51. The first-order chi connectivity index (χ1) is 10.2. The van der Waals surface area contributed by atoms with Gasteiger partial charge in [-0.2, -0.15) is 0 Å². The molecule has 5 heteroatoms. The zero-order valence-corrected chi connectivity index (χ0v) is 14.7. The Kier molecular flexibility index (Phi) is 3.88. The van der Waals surface area contributed by atoms with Gasteiger partial charge in [0.15, 0.2) is 0 Å². The average molecular weight is 318 g/mol. The Balaban J connectivity index is 1.94. The average Bonchev–Trinajstić information content (AvgIpc) is 2.96. The van der Waals surface area contributed by atoms with Gasteiger partial charge in [0.2, 0.25) is 0 Å². The van der Waals surface area contributed by atoms with Crippen LogP contribution in [0.4, 0.5) is 0 Å². The summed E-state index contributed by atoms with van der Waals surface area (Å²) in [4.78, 5) is 0. The molecule has 0 aliphatic carbocycles. The Morgan fingerprint density at radius 1 is 1.18 bits per heavy atom. The van der Waals surface area contributed by atoms with Crippen LogP contribution in [0.3, 0.4) is 0 Å². The van der Waals surface area contributed by atoms with Crippen LogP contribution >= 0.6 is 11.3 Å². The first-order valence-electron chi connectivity index (χ1n) is 7.80. The molecule has 3 rings (SSSR count). The van der Waals surface area contributed by atoms with E-state index in [1.807, 2.05) is 18.4 Å². The van der Waals surface area contributed by atoms with Crippen molar-refractivity contribution in [3.63, 3.8) is 0 Å². The third kappa shape index (κ3) is 2.50. The number of hydrogen-bond donors (Lipinski definition) is 1. The monoisotopic (exact) mass is 318 g/mol. The van der Waals surface area contributed by atoms with Gasteiger partial charge in [-0.1, -0.05) is 19.1 Å². The summed E-state index contributed by atoms with van der Waals surface area (Å²) in [5.74, 6) is 0. The SMILES string of the molecule is CCC(O)c1csc2cc(B3OC(C)(C)C(C)(C)O3)ccc12. The Bertz CT molecular complexity index is 676. The smallest absolute Gasteiger partial charge is 0.399 e. The van der Waals surface area contributed by atoms with E-state index in [9.17, 15) is 5.11 Å². The maximum Gasteiger partial charge on any atom is 0.494 e. The van der Waals surface area contributed by atoms with E-state index in [1.54, 1.807) is 11.3 Å². The molecule has 1 aliphatic rings. The van der Waals surface area contributed by atoms with Crippen molar-refractivity contribution in [2.45, 2.75) is 58.3 Å². The predicted octanol–water partition coefficient (Wildman–Crippen LogP) is 3.64. The lowest BCUT2D eigenvalue weighted by molar-refractivity contribution is 0.00578. The van der Waals surface area contributed by atoms with Crippen molar-refractivity contribution < 1.29 is 14.4 Å². The van der Waals surface area contributed by atoms with Gasteiger partial charge in [-0.25, -0.2) is 0 Å². The van der Waals surface area contributed by atoms with Crippen LogP contribution < -0.4 is 5.46 Å². The van der Waals surface area contributed by atoms with E-state index in [2.05, 4.69) is 39.8 Å². The van der Waals surface area contributed by atoms with E-state index in [0.717, 1.165) is 27.5 Å². The minimum atomic E-state index is -0.392. The largest absolute Gasteiger partial charge is 0.494 e. The molecule has 1 aromatic carbocycles. The van der Waals surface area contributed by atoms with Crippen molar-refractivity contribution in [2.75, 3.05) is 0 Å². The van der Waals surface area contributed by atoms with Gasteiger partial charge in [-0.15, -0.1) is 11.3 Å². The van der Waals surface area contributed by atoms with E-state index < -0.39 is 6.10 Å². The predicted molar refractivity (Wildman–Crippen MR) is 92.8 cm³/mol. The summed E-state index contributed by atoms with van der Waals surface area (Å²) >= 11 is 1.66. The molecule has 2 heterocycles. The molecule has 22 heavy (non-hydrogen) atoms. The number of thiophene rings is 1. The molecule has 2 aromatic rings. The number of hydrogen-bond acceptors (Lipinski definition) is 4. The first kappa shape index (κ1) is 16.0. The molecule has 0 spiro atoms. The molecule has 1 N–H and O–H groups in total. The summed E-state index contributed by atoms with van der Waals surface area (Å²) in [7, 11) is -0.337. The molecule has 118 valence electrons. The van der Waals surface area contributed by atoms with Crippen LogP contribution in [0.2, 0.25) is 0 Å². The molecular weight excluding hydrogens is 295 g/mol. The Morgan fingerprint density at radius 2 is 1.82 bits per heavy atom. The molecule has 0 saturated carbocycles. The summed E-state index contributed by atoms with van der Waals surface area (Å²) < 4.78 is 13.4. The van der Waals surface area contributed by atoms with Crippen LogP contribution in [0, 0.1) is 0 Å². The zero-order chi connectivity index (χ0) is 16.1. The van der Waals surface area contributed by atoms with Crippen molar-refractivity contribution in [1.29, 1.82) is 0 Å². The van der Waals surface area contributed by atoms with Crippen molar-refractivity contribution in [3.05, 3.63) is 29.1 Å². The van der Waals surface area contributed by atoms with Gasteiger partial charge < -0.3 is 14.4 Å². The van der Waals surface area contributed by atoms with Crippen molar-refractivity contribution in [1.82, 2.24) is 0 Å². The molecule has 1 aliphatic heterocycles. The molecular formula is C17H23BO3S. The quantitative estimate of drug-likeness (QED) is 0.878. The fraction of sp³-hybridized carbons (Fsp3) is 0.529. The van der Waals surface area contributed by atoms with Crippen molar-refractivity contribution in [2.24, 2.45) is 0 Å². The van der Waals surface area contributed by atoms with Gasteiger partial charge >= 0.3 is 7.12 Å². The number of fused-ring (bicyclic) bond motifs is 1. The van der Waals surface area contributed by atoms with Gasteiger partial charge in [0.25, 0.3) is 0 Å². The van der Waals surface area contributed by atoms with Crippen LogP contribution in [0.5, 0.6) is 0 Å². The second-order valence-electron chi connectivity index (χ2n) is 6.96. The lowest BCUT2D eigenvalue weighted by Crippen LogP contribution is -2.41. The summed E-state index contributed by atoms with van der Waals surface area (Å²) in [6.07, 6.45) is 0.335. The van der Waals surface area contributed by atoms with Crippen LogP contribution in [-0.4, -0.2) is 23.4 Å². The molecule has 1 saturated heterocycles.